The topological polar surface area (TPSA) is 78.4 Å². The maximum absolute atomic E-state index is 11.3. The lowest BCUT2D eigenvalue weighted by Gasteiger charge is -2.22. The summed E-state index contributed by atoms with van der Waals surface area (Å²) in [6, 6.07) is -0.339. The minimum atomic E-state index is -1.15. The van der Waals surface area contributed by atoms with E-state index >= 15 is 0 Å². The molecule has 0 heterocycles. The van der Waals surface area contributed by atoms with Gasteiger partial charge in [0.1, 0.15) is 6.10 Å². The van der Waals surface area contributed by atoms with Crippen LogP contribution in [0.1, 0.15) is 39.0 Å². The first kappa shape index (κ1) is 12.0. The van der Waals surface area contributed by atoms with Crippen LogP contribution in [0.5, 0.6) is 0 Å². The van der Waals surface area contributed by atoms with E-state index in [1.807, 2.05) is 0 Å². The molecule has 5 nitrogen and oxygen atoms in total. The van der Waals surface area contributed by atoms with Gasteiger partial charge in [-0.25, -0.2) is 4.79 Å². The monoisotopic (exact) mass is 214 g/mol. The van der Waals surface area contributed by atoms with Crippen molar-refractivity contribution in [3.63, 3.8) is 0 Å². The van der Waals surface area contributed by atoms with E-state index in [4.69, 9.17) is 5.11 Å². The second kappa shape index (κ2) is 5.70. The molecule has 1 rings (SSSR count). The summed E-state index contributed by atoms with van der Waals surface area (Å²) < 4.78 is 0. The Bertz CT molecular complexity index is 235. The molecule has 86 valence electrons. The Labute approximate surface area is 89.2 Å². The van der Waals surface area contributed by atoms with Gasteiger partial charge < -0.3 is 10.4 Å². The van der Waals surface area contributed by atoms with E-state index < -0.39 is 18.0 Å². The third-order valence-corrected chi connectivity index (χ3v) is 2.56. The molecule has 5 heteroatoms. The van der Waals surface area contributed by atoms with E-state index in [-0.39, 0.29) is 6.04 Å². The van der Waals surface area contributed by atoms with Crippen LogP contribution >= 0.6 is 0 Å². The van der Waals surface area contributed by atoms with Crippen LogP contribution < -0.4 is 10.6 Å². The Hall–Kier alpha value is -1.10. The molecular weight excluding hydrogens is 196 g/mol. The molecule has 1 atom stereocenters. The molecule has 1 fully saturated rings. The molecule has 1 saturated carbocycles. The molecule has 0 aliphatic heterocycles. The van der Waals surface area contributed by atoms with E-state index in [0.717, 1.165) is 25.7 Å². The first-order valence-corrected chi connectivity index (χ1v) is 5.39. The zero-order valence-corrected chi connectivity index (χ0v) is 8.95. The Morgan fingerprint density at radius 3 is 2.40 bits per heavy atom. The van der Waals surface area contributed by atoms with E-state index in [9.17, 15) is 9.59 Å². The van der Waals surface area contributed by atoms with Crippen molar-refractivity contribution in [3.05, 3.63) is 0 Å². The van der Waals surface area contributed by atoms with Crippen LogP contribution in [0.25, 0.3) is 0 Å². The molecule has 0 unspecified atom stereocenters. The summed E-state index contributed by atoms with van der Waals surface area (Å²) in [5.74, 6) is -0.664. The minimum absolute atomic E-state index is 0.167. The zero-order valence-electron chi connectivity index (χ0n) is 8.95. The standard InChI is InChI=1S/C10H18N2O3/c1-7(13)9(14)12-10(15)11-8-5-3-2-4-6-8/h7-8,13H,2-6H2,1H3,(H2,11,12,14,15)/t7-/m0/s1. The van der Waals surface area contributed by atoms with Crippen molar-refractivity contribution < 1.29 is 14.7 Å². The number of hydrogen-bond acceptors (Lipinski definition) is 3. The van der Waals surface area contributed by atoms with Crippen LogP contribution in [0.3, 0.4) is 0 Å². The molecule has 15 heavy (non-hydrogen) atoms. The van der Waals surface area contributed by atoms with Crippen LogP contribution in [0.4, 0.5) is 4.79 Å². The number of aliphatic hydroxyl groups is 1. The van der Waals surface area contributed by atoms with Gasteiger partial charge in [0.25, 0.3) is 5.91 Å². The number of urea groups is 1. The van der Waals surface area contributed by atoms with Crippen LogP contribution in [-0.4, -0.2) is 29.2 Å². The Kier molecular flexibility index (Phi) is 4.55. The fourth-order valence-electron chi connectivity index (χ4n) is 1.68. The minimum Gasteiger partial charge on any atom is -0.384 e. The predicted molar refractivity (Wildman–Crippen MR) is 55.2 cm³/mol. The lowest BCUT2D eigenvalue weighted by atomic mass is 9.96. The third-order valence-electron chi connectivity index (χ3n) is 2.56. The van der Waals surface area contributed by atoms with Gasteiger partial charge in [0.2, 0.25) is 0 Å². The van der Waals surface area contributed by atoms with E-state index in [1.54, 1.807) is 0 Å². The highest BCUT2D eigenvalue weighted by molar-refractivity contribution is 5.96. The molecule has 0 bridgehead atoms. The number of rotatable bonds is 2. The van der Waals surface area contributed by atoms with Gasteiger partial charge in [-0.05, 0) is 19.8 Å². The fourth-order valence-corrected chi connectivity index (χ4v) is 1.68. The Morgan fingerprint density at radius 1 is 1.27 bits per heavy atom. The van der Waals surface area contributed by atoms with Gasteiger partial charge in [0.05, 0.1) is 0 Å². The molecule has 3 amide bonds. The van der Waals surface area contributed by atoms with Crippen LogP contribution in [0.15, 0.2) is 0 Å². The summed E-state index contributed by atoms with van der Waals surface area (Å²) in [4.78, 5) is 22.2. The fraction of sp³-hybridized carbons (Fsp3) is 0.800. The summed E-state index contributed by atoms with van der Waals surface area (Å²) in [6.45, 7) is 1.32. The average molecular weight is 214 g/mol. The lowest BCUT2D eigenvalue weighted by molar-refractivity contribution is -0.127. The van der Waals surface area contributed by atoms with Gasteiger partial charge in [-0.3, -0.25) is 10.1 Å². The number of nitrogens with one attached hydrogen (secondary N) is 2. The maximum Gasteiger partial charge on any atom is 0.321 e. The largest absolute Gasteiger partial charge is 0.384 e. The van der Waals surface area contributed by atoms with Crippen LogP contribution in [0, 0.1) is 0 Å². The molecule has 0 aromatic rings. The number of hydrogen-bond donors (Lipinski definition) is 3. The summed E-state index contributed by atoms with van der Waals surface area (Å²) in [5.41, 5.74) is 0. The normalized spacial score (nSPS) is 19.3. The van der Waals surface area contributed by atoms with Crippen molar-refractivity contribution in [1.29, 1.82) is 0 Å². The summed E-state index contributed by atoms with van der Waals surface area (Å²) in [7, 11) is 0. The maximum atomic E-state index is 11.3. The SMILES string of the molecule is C[C@H](O)C(=O)NC(=O)NC1CCCCC1. The first-order valence-electron chi connectivity index (χ1n) is 5.39. The quantitative estimate of drug-likeness (QED) is 0.627. The first-order chi connectivity index (χ1) is 7.09. The molecular formula is C10H18N2O3. The van der Waals surface area contributed by atoms with Gasteiger partial charge in [0.15, 0.2) is 0 Å². The molecule has 0 aromatic heterocycles. The summed E-state index contributed by atoms with van der Waals surface area (Å²) >= 11 is 0. The van der Waals surface area contributed by atoms with E-state index in [1.165, 1.54) is 13.3 Å². The number of aliphatic hydroxyl groups excluding tert-OH is 1. The third kappa shape index (κ3) is 4.29. The van der Waals surface area contributed by atoms with E-state index in [0.29, 0.717) is 0 Å². The highest BCUT2D eigenvalue weighted by Gasteiger charge is 2.18. The average Bonchev–Trinajstić information content (AvgIpc) is 2.18. The number of carbonyl (C=O) groups excluding carboxylic acids is 2. The molecule has 0 aromatic carbocycles. The molecule has 0 spiro atoms. The highest BCUT2D eigenvalue weighted by atomic mass is 16.3. The van der Waals surface area contributed by atoms with E-state index in [2.05, 4.69) is 10.6 Å². The summed E-state index contributed by atoms with van der Waals surface area (Å²) in [5, 5.41) is 13.7. The van der Waals surface area contributed by atoms with Gasteiger partial charge in [-0.1, -0.05) is 19.3 Å². The van der Waals surface area contributed by atoms with Crippen LogP contribution in [-0.2, 0) is 4.79 Å². The van der Waals surface area contributed by atoms with Gasteiger partial charge in [-0.15, -0.1) is 0 Å². The zero-order chi connectivity index (χ0) is 11.3. The van der Waals surface area contributed by atoms with Crippen molar-refractivity contribution in [1.82, 2.24) is 10.6 Å². The Morgan fingerprint density at radius 2 is 1.87 bits per heavy atom. The lowest BCUT2D eigenvalue weighted by Crippen LogP contribution is -2.47. The molecule has 1 aliphatic rings. The predicted octanol–water partition coefficient (Wildman–Crippen LogP) is 0.526. The second-order valence-electron chi connectivity index (χ2n) is 3.97. The van der Waals surface area contributed by atoms with Crippen molar-refractivity contribution in [2.75, 3.05) is 0 Å². The number of imide groups is 1. The van der Waals surface area contributed by atoms with Crippen molar-refractivity contribution in [2.45, 2.75) is 51.2 Å². The molecule has 1 aliphatic carbocycles. The van der Waals surface area contributed by atoms with Crippen molar-refractivity contribution in [3.8, 4) is 0 Å². The van der Waals surface area contributed by atoms with Crippen molar-refractivity contribution in [2.24, 2.45) is 0 Å². The highest BCUT2D eigenvalue weighted by Crippen LogP contribution is 2.16. The molecule has 0 radical (unpaired) electrons. The Balaban J connectivity index is 2.25. The van der Waals surface area contributed by atoms with Crippen molar-refractivity contribution >= 4 is 11.9 Å². The smallest absolute Gasteiger partial charge is 0.321 e. The summed E-state index contributed by atoms with van der Waals surface area (Å²) in [6.07, 6.45) is 4.24. The van der Waals surface area contributed by atoms with Gasteiger partial charge >= 0.3 is 6.03 Å². The molecule has 3 N–H and O–H groups in total. The molecule has 0 saturated heterocycles. The van der Waals surface area contributed by atoms with Gasteiger partial charge in [-0.2, -0.15) is 0 Å². The number of carbonyl (C=O) groups is 2. The number of amides is 3. The second-order valence-corrected chi connectivity index (χ2v) is 3.97. The van der Waals surface area contributed by atoms with Gasteiger partial charge in [0, 0.05) is 6.04 Å². The van der Waals surface area contributed by atoms with Crippen LogP contribution in [0.2, 0.25) is 0 Å².